The van der Waals surface area contributed by atoms with Gasteiger partial charge in [-0.2, -0.15) is 0 Å². The maximum Gasteiger partial charge on any atom is 0.0175 e. The largest absolute Gasteiger partial charge is 0.319 e. The highest BCUT2D eigenvalue weighted by Gasteiger charge is 2.11. The van der Waals surface area contributed by atoms with Crippen LogP contribution < -0.4 is 5.32 Å². The minimum Gasteiger partial charge on any atom is -0.319 e. The SMILES string of the molecule is CNCC(Cc1ccc(Br)cc1)Cc1cc(C)cc(C)c1. The Kier molecular flexibility index (Phi) is 6.01. The van der Waals surface area contributed by atoms with E-state index in [-0.39, 0.29) is 0 Å². The van der Waals surface area contributed by atoms with Crippen molar-refractivity contribution >= 4 is 15.9 Å². The van der Waals surface area contributed by atoms with E-state index in [4.69, 9.17) is 0 Å². The van der Waals surface area contributed by atoms with E-state index in [1.807, 2.05) is 7.05 Å². The van der Waals surface area contributed by atoms with Crippen LogP contribution in [0, 0.1) is 19.8 Å². The fourth-order valence-corrected chi connectivity index (χ4v) is 3.24. The summed E-state index contributed by atoms with van der Waals surface area (Å²) in [6.07, 6.45) is 2.24. The first kappa shape index (κ1) is 16.3. The van der Waals surface area contributed by atoms with Gasteiger partial charge in [0.15, 0.2) is 0 Å². The summed E-state index contributed by atoms with van der Waals surface area (Å²) in [6, 6.07) is 15.6. The molecule has 0 saturated carbocycles. The summed E-state index contributed by atoms with van der Waals surface area (Å²) in [7, 11) is 2.04. The van der Waals surface area contributed by atoms with Crippen LogP contribution in [0.15, 0.2) is 46.9 Å². The van der Waals surface area contributed by atoms with Crippen LogP contribution in [0.1, 0.15) is 22.3 Å². The Bertz CT molecular complexity index is 554. The van der Waals surface area contributed by atoms with Crippen molar-refractivity contribution in [2.45, 2.75) is 26.7 Å². The zero-order valence-corrected chi connectivity index (χ0v) is 14.7. The maximum atomic E-state index is 3.50. The molecule has 1 N–H and O–H groups in total. The van der Waals surface area contributed by atoms with E-state index < -0.39 is 0 Å². The van der Waals surface area contributed by atoms with Crippen LogP contribution in [0.2, 0.25) is 0 Å². The molecule has 1 atom stereocenters. The van der Waals surface area contributed by atoms with Crippen LogP contribution in [-0.2, 0) is 12.8 Å². The van der Waals surface area contributed by atoms with Gasteiger partial charge in [-0.3, -0.25) is 0 Å². The molecule has 0 aliphatic carbocycles. The predicted molar refractivity (Wildman–Crippen MR) is 94.9 cm³/mol. The first-order chi connectivity index (χ1) is 10.1. The van der Waals surface area contributed by atoms with Crippen LogP contribution in [-0.4, -0.2) is 13.6 Å². The predicted octanol–water partition coefficient (Wildman–Crippen LogP) is 4.69. The van der Waals surface area contributed by atoms with Crippen LogP contribution in [0.25, 0.3) is 0 Å². The van der Waals surface area contributed by atoms with Gasteiger partial charge in [0.2, 0.25) is 0 Å². The third kappa shape index (κ3) is 5.29. The Morgan fingerprint density at radius 2 is 1.48 bits per heavy atom. The molecule has 1 unspecified atom stereocenters. The Hall–Kier alpha value is -1.12. The fourth-order valence-electron chi connectivity index (χ4n) is 2.98. The molecule has 0 aromatic heterocycles. The number of aryl methyl sites for hydroxylation is 2. The highest BCUT2D eigenvalue weighted by atomic mass is 79.9. The molecule has 1 nitrogen and oxygen atoms in total. The Labute approximate surface area is 136 Å². The lowest BCUT2D eigenvalue weighted by Gasteiger charge is -2.17. The van der Waals surface area contributed by atoms with Gasteiger partial charge < -0.3 is 5.32 Å². The first-order valence-electron chi connectivity index (χ1n) is 7.53. The second-order valence-electron chi connectivity index (χ2n) is 5.95. The first-order valence-corrected chi connectivity index (χ1v) is 8.32. The van der Waals surface area contributed by atoms with Crippen molar-refractivity contribution in [3.63, 3.8) is 0 Å². The third-order valence-electron chi connectivity index (χ3n) is 3.74. The van der Waals surface area contributed by atoms with E-state index in [0.717, 1.165) is 23.9 Å². The van der Waals surface area contributed by atoms with Crippen molar-refractivity contribution in [2.24, 2.45) is 5.92 Å². The van der Waals surface area contributed by atoms with E-state index in [1.54, 1.807) is 0 Å². The second-order valence-corrected chi connectivity index (χ2v) is 6.87. The molecular weight excluding hydrogens is 322 g/mol. The molecule has 0 radical (unpaired) electrons. The molecule has 112 valence electrons. The quantitative estimate of drug-likeness (QED) is 0.800. The standard InChI is InChI=1S/C19H24BrN/c1-14-8-15(2)10-17(9-14)12-18(13-21-3)11-16-4-6-19(20)7-5-16/h4-10,18,21H,11-13H2,1-3H3. The lowest BCUT2D eigenvalue weighted by atomic mass is 9.91. The highest BCUT2D eigenvalue weighted by Crippen LogP contribution is 2.18. The molecule has 2 rings (SSSR count). The lowest BCUT2D eigenvalue weighted by Crippen LogP contribution is -2.22. The van der Waals surface area contributed by atoms with E-state index in [1.165, 1.54) is 22.3 Å². The topological polar surface area (TPSA) is 12.0 Å². The van der Waals surface area contributed by atoms with Gasteiger partial charge in [0.1, 0.15) is 0 Å². The molecule has 2 aromatic rings. The molecule has 0 aliphatic heterocycles. The van der Waals surface area contributed by atoms with Gasteiger partial charge in [-0.15, -0.1) is 0 Å². The van der Waals surface area contributed by atoms with Crippen molar-refractivity contribution in [1.82, 2.24) is 5.32 Å². The van der Waals surface area contributed by atoms with E-state index in [2.05, 4.69) is 77.6 Å². The van der Waals surface area contributed by atoms with Crippen LogP contribution in [0.4, 0.5) is 0 Å². The van der Waals surface area contributed by atoms with Gasteiger partial charge in [0, 0.05) is 4.47 Å². The highest BCUT2D eigenvalue weighted by molar-refractivity contribution is 9.10. The number of halogens is 1. The molecule has 0 amide bonds. The molecule has 0 saturated heterocycles. The summed E-state index contributed by atoms with van der Waals surface area (Å²) in [5.41, 5.74) is 5.57. The zero-order valence-electron chi connectivity index (χ0n) is 13.1. The van der Waals surface area contributed by atoms with Gasteiger partial charge in [-0.05, 0) is 69.5 Å². The molecule has 0 aliphatic rings. The summed E-state index contributed by atoms with van der Waals surface area (Å²) in [5, 5.41) is 3.34. The summed E-state index contributed by atoms with van der Waals surface area (Å²) in [6.45, 7) is 5.40. The zero-order chi connectivity index (χ0) is 15.2. The van der Waals surface area contributed by atoms with E-state index >= 15 is 0 Å². The number of hydrogen-bond donors (Lipinski definition) is 1. The van der Waals surface area contributed by atoms with E-state index in [9.17, 15) is 0 Å². The van der Waals surface area contributed by atoms with Crippen molar-refractivity contribution < 1.29 is 0 Å². The average Bonchev–Trinajstić information content (AvgIpc) is 2.40. The molecule has 0 fully saturated rings. The molecule has 0 bridgehead atoms. The van der Waals surface area contributed by atoms with Crippen molar-refractivity contribution in [3.05, 3.63) is 69.2 Å². The average molecular weight is 346 g/mol. The van der Waals surface area contributed by atoms with Gasteiger partial charge in [-0.25, -0.2) is 0 Å². The summed E-state index contributed by atoms with van der Waals surface area (Å²) in [5.74, 6) is 0.623. The number of nitrogens with one attached hydrogen (secondary N) is 1. The van der Waals surface area contributed by atoms with Crippen molar-refractivity contribution in [3.8, 4) is 0 Å². The van der Waals surface area contributed by atoms with Gasteiger partial charge in [-0.1, -0.05) is 57.4 Å². The van der Waals surface area contributed by atoms with Crippen LogP contribution >= 0.6 is 15.9 Å². The van der Waals surface area contributed by atoms with Gasteiger partial charge >= 0.3 is 0 Å². The molecule has 2 heteroatoms. The smallest absolute Gasteiger partial charge is 0.0175 e. The number of hydrogen-bond acceptors (Lipinski definition) is 1. The molecule has 0 heterocycles. The van der Waals surface area contributed by atoms with Gasteiger partial charge in [0.25, 0.3) is 0 Å². The lowest BCUT2D eigenvalue weighted by molar-refractivity contribution is 0.493. The maximum absolute atomic E-state index is 3.50. The molecule has 0 spiro atoms. The van der Waals surface area contributed by atoms with Crippen LogP contribution in [0.3, 0.4) is 0 Å². The Morgan fingerprint density at radius 3 is 2.05 bits per heavy atom. The van der Waals surface area contributed by atoms with E-state index in [0.29, 0.717) is 5.92 Å². The monoisotopic (exact) mass is 345 g/mol. The van der Waals surface area contributed by atoms with Crippen LogP contribution in [0.5, 0.6) is 0 Å². The van der Waals surface area contributed by atoms with Crippen molar-refractivity contribution in [2.75, 3.05) is 13.6 Å². The normalized spacial score (nSPS) is 12.4. The molecule has 21 heavy (non-hydrogen) atoms. The number of rotatable bonds is 6. The Morgan fingerprint density at radius 1 is 0.905 bits per heavy atom. The number of benzene rings is 2. The second kappa shape index (κ2) is 7.77. The summed E-state index contributed by atoms with van der Waals surface area (Å²) < 4.78 is 1.14. The van der Waals surface area contributed by atoms with Gasteiger partial charge in [0.05, 0.1) is 0 Å². The third-order valence-corrected chi connectivity index (χ3v) is 4.26. The van der Waals surface area contributed by atoms with Crippen molar-refractivity contribution in [1.29, 1.82) is 0 Å². The fraction of sp³-hybridized carbons (Fsp3) is 0.368. The summed E-state index contributed by atoms with van der Waals surface area (Å²) >= 11 is 3.50. The molecule has 2 aromatic carbocycles. The molecular formula is C19H24BrN. The minimum atomic E-state index is 0.623. The minimum absolute atomic E-state index is 0.623. The summed E-state index contributed by atoms with van der Waals surface area (Å²) in [4.78, 5) is 0. The Balaban J connectivity index is 2.09.